The summed E-state index contributed by atoms with van der Waals surface area (Å²) in [6.07, 6.45) is 4.28. The molecule has 1 unspecified atom stereocenters. The van der Waals surface area contributed by atoms with E-state index in [4.69, 9.17) is 5.73 Å². The van der Waals surface area contributed by atoms with Crippen molar-refractivity contribution in [3.8, 4) is 0 Å². The van der Waals surface area contributed by atoms with Crippen molar-refractivity contribution < 1.29 is 4.79 Å². The number of nitrogens with two attached hydrogens (primary N) is 1. The van der Waals surface area contributed by atoms with E-state index in [1.807, 2.05) is 6.07 Å². The van der Waals surface area contributed by atoms with Crippen LogP contribution in [0.4, 0.5) is 5.82 Å². The topological polar surface area (TPSA) is 56.0 Å². The maximum absolute atomic E-state index is 12.5. The van der Waals surface area contributed by atoms with Crippen molar-refractivity contribution in [1.82, 2.24) is 4.98 Å². The number of nitrogen functional groups attached to an aromatic ring is 1. The highest BCUT2D eigenvalue weighted by molar-refractivity contribution is 6.01. The minimum atomic E-state index is 0.0291. The van der Waals surface area contributed by atoms with Gasteiger partial charge in [0.2, 0.25) is 0 Å². The Labute approximate surface area is 112 Å². The summed E-state index contributed by atoms with van der Waals surface area (Å²) in [6.45, 7) is 0. The van der Waals surface area contributed by atoms with Gasteiger partial charge in [0.05, 0.1) is 5.56 Å². The van der Waals surface area contributed by atoms with Crippen LogP contribution in [-0.2, 0) is 12.8 Å². The number of hydrogen-bond acceptors (Lipinski definition) is 3. The Kier molecular flexibility index (Phi) is 3.03. The molecule has 3 heteroatoms. The average Bonchev–Trinajstić information content (AvgIpc) is 2.46. The van der Waals surface area contributed by atoms with Gasteiger partial charge in [-0.25, -0.2) is 4.98 Å². The Bertz CT molecular complexity index is 622. The average molecular weight is 252 g/mol. The molecule has 1 heterocycles. The third kappa shape index (κ3) is 2.24. The third-order valence-electron chi connectivity index (χ3n) is 3.82. The molecule has 0 saturated heterocycles. The number of rotatable bonds is 2. The molecule has 0 amide bonds. The number of aromatic nitrogens is 1. The quantitative estimate of drug-likeness (QED) is 0.836. The zero-order valence-electron chi connectivity index (χ0n) is 10.7. The number of carbonyl (C=O) groups is 1. The van der Waals surface area contributed by atoms with E-state index in [-0.39, 0.29) is 11.7 Å². The van der Waals surface area contributed by atoms with Crippen LogP contribution in [-0.4, -0.2) is 10.8 Å². The minimum Gasteiger partial charge on any atom is -0.383 e. The second-order valence-electron chi connectivity index (χ2n) is 5.01. The van der Waals surface area contributed by atoms with E-state index in [1.54, 1.807) is 18.3 Å². The molecule has 0 radical (unpaired) electrons. The van der Waals surface area contributed by atoms with Crippen LogP contribution >= 0.6 is 0 Å². The van der Waals surface area contributed by atoms with Crippen molar-refractivity contribution in [2.24, 2.45) is 5.92 Å². The van der Waals surface area contributed by atoms with Gasteiger partial charge in [-0.15, -0.1) is 0 Å². The van der Waals surface area contributed by atoms with Crippen LogP contribution < -0.4 is 5.73 Å². The minimum absolute atomic E-state index is 0.0291. The van der Waals surface area contributed by atoms with Gasteiger partial charge in [-0.2, -0.15) is 0 Å². The summed E-state index contributed by atoms with van der Waals surface area (Å²) < 4.78 is 0. The van der Waals surface area contributed by atoms with Crippen LogP contribution in [0.25, 0.3) is 0 Å². The van der Waals surface area contributed by atoms with Crippen molar-refractivity contribution in [2.45, 2.75) is 19.3 Å². The molecule has 1 aromatic heterocycles. The molecule has 96 valence electrons. The molecule has 2 aromatic rings. The molecular weight excluding hydrogens is 236 g/mol. The maximum atomic E-state index is 12.5. The van der Waals surface area contributed by atoms with Crippen LogP contribution in [0.5, 0.6) is 0 Å². The van der Waals surface area contributed by atoms with E-state index in [2.05, 4.69) is 23.2 Å². The fraction of sp³-hybridized carbons (Fsp3) is 0.250. The van der Waals surface area contributed by atoms with Gasteiger partial charge in [0.25, 0.3) is 0 Å². The summed E-state index contributed by atoms with van der Waals surface area (Å²) in [5.41, 5.74) is 9.01. The Morgan fingerprint density at radius 2 is 1.95 bits per heavy atom. The smallest absolute Gasteiger partial charge is 0.169 e. The number of anilines is 1. The predicted molar refractivity (Wildman–Crippen MR) is 74.9 cm³/mol. The third-order valence-corrected chi connectivity index (χ3v) is 3.82. The number of nitrogens with zero attached hydrogens (tertiary/aromatic N) is 1. The summed E-state index contributed by atoms with van der Waals surface area (Å²) in [5, 5.41) is 0. The maximum Gasteiger partial charge on any atom is 0.169 e. The van der Waals surface area contributed by atoms with Gasteiger partial charge in [0, 0.05) is 12.1 Å². The van der Waals surface area contributed by atoms with Crippen molar-refractivity contribution in [1.29, 1.82) is 0 Å². The lowest BCUT2D eigenvalue weighted by Gasteiger charge is -2.23. The largest absolute Gasteiger partial charge is 0.383 e. The lowest BCUT2D eigenvalue weighted by Crippen LogP contribution is -2.23. The summed E-state index contributed by atoms with van der Waals surface area (Å²) in [6, 6.07) is 11.9. The van der Waals surface area contributed by atoms with Gasteiger partial charge < -0.3 is 5.73 Å². The van der Waals surface area contributed by atoms with Gasteiger partial charge in [0.15, 0.2) is 5.78 Å². The first-order valence-corrected chi connectivity index (χ1v) is 6.57. The van der Waals surface area contributed by atoms with Crippen LogP contribution in [0.15, 0.2) is 42.6 Å². The summed E-state index contributed by atoms with van der Waals surface area (Å²) >= 11 is 0. The molecule has 1 atom stereocenters. The molecule has 2 N–H and O–H groups in total. The van der Waals surface area contributed by atoms with Gasteiger partial charge >= 0.3 is 0 Å². The summed E-state index contributed by atoms with van der Waals surface area (Å²) in [5.74, 6) is 0.493. The summed E-state index contributed by atoms with van der Waals surface area (Å²) in [7, 11) is 0. The van der Waals surface area contributed by atoms with E-state index >= 15 is 0 Å². The van der Waals surface area contributed by atoms with Gasteiger partial charge in [0.1, 0.15) is 5.82 Å². The first-order chi connectivity index (χ1) is 9.25. The number of carbonyl (C=O) groups excluding carboxylic acids is 1. The number of hydrogen-bond donors (Lipinski definition) is 1. The fourth-order valence-corrected chi connectivity index (χ4v) is 2.77. The first-order valence-electron chi connectivity index (χ1n) is 6.57. The number of benzene rings is 1. The number of fused-ring (bicyclic) bond motifs is 1. The Morgan fingerprint density at radius 3 is 2.74 bits per heavy atom. The zero-order valence-corrected chi connectivity index (χ0v) is 10.7. The predicted octanol–water partition coefficient (Wildman–Crippen LogP) is 2.65. The molecule has 3 nitrogen and oxygen atoms in total. The van der Waals surface area contributed by atoms with E-state index in [0.717, 1.165) is 19.3 Å². The lowest BCUT2D eigenvalue weighted by atomic mass is 9.80. The molecule has 1 aliphatic rings. The molecule has 1 aromatic carbocycles. The molecule has 0 fully saturated rings. The second kappa shape index (κ2) is 4.84. The number of pyridine rings is 1. The fourth-order valence-electron chi connectivity index (χ4n) is 2.77. The van der Waals surface area contributed by atoms with E-state index in [1.165, 1.54) is 11.1 Å². The number of Topliss-reactive ketones (excluding diaryl/α,β-unsaturated/α-hetero) is 1. The van der Waals surface area contributed by atoms with Crippen LogP contribution in [0.2, 0.25) is 0 Å². The van der Waals surface area contributed by atoms with Crippen LogP contribution in [0.1, 0.15) is 27.9 Å². The molecule has 0 aliphatic heterocycles. The van der Waals surface area contributed by atoms with Crippen molar-refractivity contribution in [3.05, 3.63) is 59.3 Å². The van der Waals surface area contributed by atoms with Crippen LogP contribution in [0.3, 0.4) is 0 Å². The molecular formula is C16H16N2O. The Morgan fingerprint density at radius 1 is 1.16 bits per heavy atom. The zero-order chi connectivity index (χ0) is 13.2. The van der Waals surface area contributed by atoms with Crippen molar-refractivity contribution in [2.75, 3.05) is 5.73 Å². The molecule has 0 spiro atoms. The normalized spacial score (nSPS) is 17.8. The molecule has 1 aliphatic carbocycles. The van der Waals surface area contributed by atoms with Gasteiger partial charge in [-0.3, -0.25) is 4.79 Å². The highest BCUT2D eigenvalue weighted by Gasteiger charge is 2.26. The first kappa shape index (κ1) is 11.9. The lowest BCUT2D eigenvalue weighted by molar-refractivity contribution is 0.0909. The molecule has 0 saturated carbocycles. The standard InChI is InChI=1S/C16H16N2O/c17-16-14(6-3-9-18-16)15(19)13-8-7-11-4-1-2-5-12(11)10-13/h1-6,9,13H,7-8,10H2,(H2,17,18). The Balaban J connectivity index is 1.86. The Hall–Kier alpha value is -2.16. The summed E-state index contributed by atoms with van der Waals surface area (Å²) in [4.78, 5) is 16.5. The second-order valence-corrected chi connectivity index (χ2v) is 5.01. The molecule has 3 rings (SSSR count). The number of aryl methyl sites for hydroxylation is 1. The van der Waals surface area contributed by atoms with Gasteiger partial charge in [-0.05, 0) is 42.5 Å². The van der Waals surface area contributed by atoms with E-state index < -0.39 is 0 Å². The molecule has 0 bridgehead atoms. The van der Waals surface area contributed by atoms with Gasteiger partial charge in [-0.1, -0.05) is 24.3 Å². The van der Waals surface area contributed by atoms with E-state index in [9.17, 15) is 4.79 Å². The highest BCUT2D eigenvalue weighted by atomic mass is 16.1. The molecule has 19 heavy (non-hydrogen) atoms. The monoisotopic (exact) mass is 252 g/mol. The van der Waals surface area contributed by atoms with E-state index in [0.29, 0.717) is 11.4 Å². The highest BCUT2D eigenvalue weighted by Crippen LogP contribution is 2.28. The van der Waals surface area contributed by atoms with Crippen LogP contribution in [0, 0.1) is 5.92 Å². The SMILES string of the molecule is Nc1ncccc1C(=O)C1CCc2ccccc2C1. The van der Waals surface area contributed by atoms with Crippen molar-refractivity contribution in [3.63, 3.8) is 0 Å². The van der Waals surface area contributed by atoms with Crippen molar-refractivity contribution >= 4 is 11.6 Å². The number of ketones is 1.